The number of hydrogen-bond acceptors (Lipinski definition) is 5. The van der Waals surface area contributed by atoms with Gasteiger partial charge < -0.3 is 14.6 Å². The normalized spacial score (nSPS) is 15.9. The highest BCUT2D eigenvalue weighted by molar-refractivity contribution is 7.13. The first-order valence-corrected chi connectivity index (χ1v) is 6.72. The molecular formula is C12H13N3O2S. The molecule has 0 spiro atoms. The number of rotatable bonds is 2. The molecule has 0 unspecified atom stereocenters. The van der Waals surface area contributed by atoms with Crippen LogP contribution in [-0.4, -0.2) is 42.0 Å². The van der Waals surface area contributed by atoms with Crippen molar-refractivity contribution in [3.63, 3.8) is 0 Å². The Balaban J connectivity index is 1.78. The summed E-state index contributed by atoms with van der Waals surface area (Å²) in [5.74, 6) is 0.713. The van der Waals surface area contributed by atoms with Gasteiger partial charge in [-0.15, -0.1) is 11.3 Å². The maximum atomic E-state index is 12.2. The molecule has 1 saturated heterocycles. The Kier molecular flexibility index (Phi) is 3.12. The van der Waals surface area contributed by atoms with Crippen molar-refractivity contribution in [2.75, 3.05) is 26.2 Å². The molecule has 0 radical (unpaired) electrons. The van der Waals surface area contributed by atoms with Gasteiger partial charge in [0.05, 0.1) is 6.26 Å². The van der Waals surface area contributed by atoms with Crippen molar-refractivity contribution >= 4 is 17.2 Å². The van der Waals surface area contributed by atoms with E-state index in [0.29, 0.717) is 11.5 Å². The molecule has 1 N–H and O–H groups in total. The molecule has 94 valence electrons. The first kappa shape index (κ1) is 11.4. The van der Waals surface area contributed by atoms with Crippen LogP contribution in [0.15, 0.2) is 28.2 Å². The number of hydrogen-bond donors (Lipinski definition) is 1. The van der Waals surface area contributed by atoms with E-state index in [1.165, 1.54) is 11.3 Å². The summed E-state index contributed by atoms with van der Waals surface area (Å²) in [6.45, 7) is 3.18. The van der Waals surface area contributed by atoms with Gasteiger partial charge in [0.2, 0.25) is 0 Å². The lowest BCUT2D eigenvalue weighted by atomic mass is 10.3. The van der Waals surface area contributed by atoms with E-state index in [0.717, 1.165) is 31.2 Å². The van der Waals surface area contributed by atoms with E-state index >= 15 is 0 Å². The van der Waals surface area contributed by atoms with Gasteiger partial charge in [0.25, 0.3) is 5.91 Å². The molecule has 1 amide bonds. The minimum atomic E-state index is 0.00514. The zero-order chi connectivity index (χ0) is 12.4. The number of amides is 1. The third kappa shape index (κ3) is 2.16. The molecule has 2 aromatic heterocycles. The number of carbonyl (C=O) groups excluding carboxylic acids is 1. The third-order valence-electron chi connectivity index (χ3n) is 2.86. The highest BCUT2D eigenvalue weighted by Gasteiger charge is 2.20. The average molecular weight is 263 g/mol. The summed E-state index contributed by atoms with van der Waals surface area (Å²) in [5, 5.41) is 5.76. The van der Waals surface area contributed by atoms with E-state index < -0.39 is 0 Å². The smallest absolute Gasteiger partial charge is 0.273 e. The molecule has 0 atom stereocenters. The fourth-order valence-electron chi connectivity index (χ4n) is 1.92. The van der Waals surface area contributed by atoms with Crippen LogP contribution in [0.25, 0.3) is 10.8 Å². The summed E-state index contributed by atoms with van der Waals surface area (Å²) in [6, 6.07) is 3.66. The maximum Gasteiger partial charge on any atom is 0.273 e. The standard InChI is InChI=1S/C12H13N3O2S/c16-12(15-5-3-13-4-6-15)9-8-18-11(14-9)10-2-1-7-17-10/h1-2,7-8,13H,3-6H2. The van der Waals surface area contributed by atoms with E-state index in [2.05, 4.69) is 10.3 Å². The predicted octanol–water partition coefficient (Wildman–Crippen LogP) is 1.45. The van der Waals surface area contributed by atoms with Gasteiger partial charge in [-0.1, -0.05) is 0 Å². The molecule has 0 bridgehead atoms. The Bertz CT molecular complexity index is 529. The van der Waals surface area contributed by atoms with Crippen LogP contribution in [0.1, 0.15) is 10.5 Å². The molecule has 1 aliphatic rings. The highest BCUT2D eigenvalue weighted by atomic mass is 32.1. The van der Waals surface area contributed by atoms with Gasteiger partial charge in [-0.2, -0.15) is 0 Å². The van der Waals surface area contributed by atoms with Crippen molar-refractivity contribution in [3.05, 3.63) is 29.5 Å². The Hall–Kier alpha value is -1.66. The molecule has 6 heteroatoms. The number of carbonyl (C=O) groups is 1. The van der Waals surface area contributed by atoms with Crippen LogP contribution in [0.3, 0.4) is 0 Å². The summed E-state index contributed by atoms with van der Waals surface area (Å²) in [6.07, 6.45) is 1.61. The Morgan fingerprint density at radius 2 is 2.28 bits per heavy atom. The number of aromatic nitrogens is 1. The quantitative estimate of drug-likeness (QED) is 0.891. The fourth-order valence-corrected chi connectivity index (χ4v) is 2.68. The monoisotopic (exact) mass is 263 g/mol. The van der Waals surface area contributed by atoms with Gasteiger partial charge >= 0.3 is 0 Å². The molecule has 18 heavy (non-hydrogen) atoms. The second-order valence-electron chi connectivity index (χ2n) is 4.06. The summed E-state index contributed by atoms with van der Waals surface area (Å²) < 4.78 is 5.27. The number of furan rings is 1. The third-order valence-corrected chi connectivity index (χ3v) is 3.72. The van der Waals surface area contributed by atoms with E-state index in [9.17, 15) is 4.79 Å². The fraction of sp³-hybridized carbons (Fsp3) is 0.333. The second-order valence-corrected chi connectivity index (χ2v) is 4.92. The topological polar surface area (TPSA) is 58.4 Å². The van der Waals surface area contributed by atoms with Crippen molar-refractivity contribution in [1.82, 2.24) is 15.2 Å². The lowest BCUT2D eigenvalue weighted by Gasteiger charge is -2.26. The summed E-state index contributed by atoms with van der Waals surface area (Å²) in [5.41, 5.74) is 0.508. The molecule has 0 aliphatic carbocycles. The Labute approximate surface area is 108 Å². The molecule has 3 rings (SSSR count). The van der Waals surface area contributed by atoms with Crippen LogP contribution < -0.4 is 5.32 Å². The van der Waals surface area contributed by atoms with Crippen LogP contribution in [0, 0.1) is 0 Å². The zero-order valence-corrected chi connectivity index (χ0v) is 10.6. The zero-order valence-electron chi connectivity index (χ0n) is 9.76. The number of nitrogens with zero attached hydrogens (tertiary/aromatic N) is 2. The minimum absolute atomic E-state index is 0.00514. The first-order chi connectivity index (χ1) is 8.84. The highest BCUT2D eigenvalue weighted by Crippen LogP contribution is 2.24. The second kappa shape index (κ2) is 4.91. The summed E-state index contributed by atoms with van der Waals surface area (Å²) >= 11 is 1.43. The van der Waals surface area contributed by atoms with E-state index in [4.69, 9.17) is 4.42 Å². The molecule has 5 nitrogen and oxygen atoms in total. The molecule has 3 heterocycles. The lowest BCUT2D eigenvalue weighted by molar-refractivity contribution is 0.0731. The molecule has 0 aromatic carbocycles. The predicted molar refractivity (Wildman–Crippen MR) is 68.6 cm³/mol. The van der Waals surface area contributed by atoms with Gasteiger partial charge in [-0.3, -0.25) is 4.79 Å². The van der Waals surface area contributed by atoms with E-state index in [-0.39, 0.29) is 5.91 Å². The van der Waals surface area contributed by atoms with Crippen molar-refractivity contribution in [2.24, 2.45) is 0 Å². The van der Waals surface area contributed by atoms with Gasteiger partial charge in [0, 0.05) is 31.6 Å². The number of nitrogens with one attached hydrogen (secondary N) is 1. The maximum absolute atomic E-state index is 12.2. The average Bonchev–Trinajstić information content (AvgIpc) is 3.09. The van der Waals surface area contributed by atoms with Crippen molar-refractivity contribution < 1.29 is 9.21 Å². The van der Waals surface area contributed by atoms with Crippen LogP contribution in [0.2, 0.25) is 0 Å². The van der Waals surface area contributed by atoms with E-state index in [1.807, 2.05) is 17.0 Å². The number of piperazine rings is 1. The minimum Gasteiger partial charge on any atom is -0.462 e. The van der Waals surface area contributed by atoms with Gasteiger partial charge in [0.1, 0.15) is 5.69 Å². The van der Waals surface area contributed by atoms with Crippen LogP contribution in [0.5, 0.6) is 0 Å². The number of thiazole rings is 1. The van der Waals surface area contributed by atoms with Gasteiger partial charge in [-0.05, 0) is 12.1 Å². The lowest BCUT2D eigenvalue weighted by Crippen LogP contribution is -2.46. The summed E-state index contributed by atoms with van der Waals surface area (Å²) in [4.78, 5) is 18.4. The molecule has 2 aromatic rings. The SMILES string of the molecule is O=C(c1csc(-c2ccco2)n1)N1CCNCC1. The molecule has 1 aliphatic heterocycles. The van der Waals surface area contributed by atoms with Gasteiger partial charge in [-0.25, -0.2) is 4.98 Å². The Morgan fingerprint density at radius 1 is 1.44 bits per heavy atom. The summed E-state index contributed by atoms with van der Waals surface area (Å²) in [7, 11) is 0. The molecule has 0 saturated carbocycles. The van der Waals surface area contributed by atoms with Crippen LogP contribution >= 0.6 is 11.3 Å². The van der Waals surface area contributed by atoms with Gasteiger partial charge in [0.15, 0.2) is 10.8 Å². The van der Waals surface area contributed by atoms with Crippen molar-refractivity contribution in [2.45, 2.75) is 0 Å². The van der Waals surface area contributed by atoms with Crippen molar-refractivity contribution in [1.29, 1.82) is 0 Å². The molecule has 1 fully saturated rings. The van der Waals surface area contributed by atoms with E-state index in [1.54, 1.807) is 11.6 Å². The van der Waals surface area contributed by atoms with Crippen LogP contribution in [0.4, 0.5) is 0 Å². The Morgan fingerprint density at radius 3 is 3.00 bits per heavy atom. The van der Waals surface area contributed by atoms with Crippen molar-refractivity contribution in [3.8, 4) is 10.8 Å². The first-order valence-electron chi connectivity index (χ1n) is 5.84. The largest absolute Gasteiger partial charge is 0.462 e. The van der Waals surface area contributed by atoms with Crippen LogP contribution in [-0.2, 0) is 0 Å². The molecular weight excluding hydrogens is 250 g/mol.